The number of carbonyl (C=O) groups excluding carboxylic acids is 1. The number of hydrogen-bond acceptors (Lipinski definition) is 3. The van der Waals surface area contributed by atoms with Crippen molar-refractivity contribution in [3.63, 3.8) is 0 Å². The van der Waals surface area contributed by atoms with Gasteiger partial charge in [-0.3, -0.25) is 0 Å². The molecule has 0 aromatic heterocycles. The van der Waals surface area contributed by atoms with Gasteiger partial charge in [-0.05, 0) is 73.8 Å². The molecule has 1 fully saturated rings. The van der Waals surface area contributed by atoms with E-state index in [0.717, 1.165) is 29.2 Å². The average molecular weight is 397 g/mol. The summed E-state index contributed by atoms with van der Waals surface area (Å²) in [5, 5.41) is 2.27. The van der Waals surface area contributed by atoms with Crippen molar-refractivity contribution in [2.75, 3.05) is 0 Å². The Labute approximate surface area is 175 Å². The van der Waals surface area contributed by atoms with Crippen molar-refractivity contribution in [2.45, 2.75) is 78.6 Å². The molecular weight excluding hydrogens is 360 g/mol. The summed E-state index contributed by atoms with van der Waals surface area (Å²) < 4.78 is 12.4. The largest absolute Gasteiger partial charge is 0.458 e. The van der Waals surface area contributed by atoms with E-state index in [0.29, 0.717) is 17.8 Å². The minimum absolute atomic E-state index is 0.0720. The molecule has 0 heterocycles. The molecule has 0 amide bonds. The van der Waals surface area contributed by atoms with Crippen molar-refractivity contribution in [1.82, 2.24) is 0 Å². The molecule has 3 heteroatoms. The summed E-state index contributed by atoms with van der Waals surface area (Å²) in [6.07, 6.45) is 2.76. The Morgan fingerprint density at radius 1 is 1.03 bits per heavy atom. The minimum Gasteiger partial charge on any atom is -0.458 e. The molecule has 158 valence electrons. The fourth-order valence-electron chi connectivity index (χ4n) is 4.44. The van der Waals surface area contributed by atoms with Crippen molar-refractivity contribution in [3.8, 4) is 0 Å². The first-order valence-electron chi connectivity index (χ1n) is 11.0. The molecule has 0 aliphatic heterocycles. The molecule has 1 saturated carbocycles. The van der Waals surface area contributed by atoms with Crippen LogP contribution in [-0.4, -0.2) is 17.7 Å². The van der Waals surface area contributed by atoms with E-state index in [4.69, 9.17) is 9.47 Å². The van der Waals surface area contributed by atoms with E-state index < -0.39 is 11.7 Å². The van der Waals surface area contributed by atoms with Crippen LogP contribution in [0.3, 0.4) is 0 Å². The van der Waals surface area contributed by atoms with Crippen molar-refractivity contribution >= 4 is 16.7 Å². The predicted molar refractivity (Wildman–Crippen MR) is 119 cm³/mol. The van der Waals surface area contributed by atoms with Gasteiger partial charge in [-0.2, -0.15) is 0 Å². The quantitative estimate of drug-likeness (QED) is 0.528. The third-order valence-electron chi connectivity index (χ3n) is 5.97. The van der Waals surface area contributed by atoms with Crippen molar-refractivity contribution in [2.24, 2.45) is 17.8 Å². The van der Waals surface area contributed by atoms with E-state index in [1.165, 1.54) is 6.42 Å². The second-order valence-electron chi connectivity index (χ2n) is 10.0. The highest BCUT2D eigenvalue weighted by Crippen LogP contribution is 2.38. The first kappa shape index (κ1) is 21.8. The molecule has 0 spiro atoms. The van der Waals surface area contributed by atoms with Crippen LogP contribution in [0.4, 0.5) is 0 Å². The number of esters is 1. The zero-order valence-electron chi connectivity index (χ0n) is 18.8. The molecule has 0 bridgehead atoms. The highest BCUT2D eigenvalue weighted by atomic mass is 16.6. The third kappa shape index (κ3) is 5.60. The fourth-order valence-corrected chi connectivity index (χ4v) is 4.44. The van der Waals surface area contributed by atoms with Crippen LogP contribution in [0, 0.1) is 17.8 Å². The van der Waals surface area contributed by atoms with Crippen molar-refractivity contribution in [3.05, 3.63) is 48.0 Å². The van der Waals surface area contributed by atoms with Crippen LogP contribution < -0.4 is 0 Å². The van der Waals surface area contributed by atoms with E-state index in [1.54, 1.807) is 0 Å². The molecule has 3 rings (SSSR count). The second-order valence-corrected chi connectivity index (χ2v) is 10.0. The first-order chi connectivity index (χ1) is 13.6. The monoisotopic (exact) mass is 396 g/mol. The molecule has 0 unspecified atom stereocenters. The molecular formula is C26H36O3. The normalized spacial score (nSPS) is 23.9. The van der Waals surface area contributed by atoms with E-state index in [9.17, 15) is 4.79 Å². The molecule has 2 aromatic rings. The van der Waals surface area contributed by atoms with Crippen molar-refractivity contribution < 1.29 is 14.3 Å². The van der Waals surface area contributed by atoms with Crippen LogP contribution in [0.2, 0.25) is 0 Å². The first-order valence-corrected chi connectivity index (χ1v) is 11.0. The maximum absolute atomic E-state index is 13.2. The Balaban J connectivity index is 1.94. The highest BCUT2D eigenvalue weighted by molar-refractivity contribution is 5.85. The van der Waals surface area contributed by atoms with Gasteiger partial charge in [0.25, 0.3) is 0 Å². The van der Waals surface area contributed by atoms with Crippen molar-refractivity contribution in [1.29, 1.82) is 0 Å². The Morgan fingerprint density at radius 3 is 2.38 bits per heavy atom. The Morgan fingerprint density at radius 2 is 1.72 bits per heavy atom. The van der Waals surface area contributed by atoms with Gasteiger partial charge in [-0.15, -0.1) is 0 Å². The summed E-state index contributed by atoms with van der Waals surface area (Å²) in [6.45, 7) is 12.5. The maximum atomic E-state index is 13.2. The zero-order chi connectivity index (χ0) is 21.2. The van der Waals surface area contributed by atoms with E-state index in [1.807, 2.05) is 39.0 Å². The molecule has 4 atom stereocenters. The van der Waals surface area contributed by atoms with Gasteiger partial charge < -0.3 is 9.47 Å². The van der Waals surface area contributed by atoms with Gasteiger partial charge in [0.15, 0.2) is 6.10 Å². The van der Waals surface area contributed by atoms with Gasteiger partial charge >= 0.3 is 5.97 Å². The Bertz CT molecular complexity index is 833. The van der Waals surface area contributed by atoms with Gasteiger partial charge in [-0.1, -0.05) is 63.6 Å². The molecule has 3 nitrogen and oxygen atoms in total. The van der Waals surface area contributed by atoms with Gasteiger partial charge in [-0.25, -0.2) is 4.79 Å². The summed E-state index contributed by atoms with van der Waals surface area (Å²) in [5.74, 6) is 1.32. The second kappa shape index (κ2) is 8.87. The smallest absolute Gasteiger partial charge is 0.340 e. The number of benzene rings is 2. The molecule has 29 heavy (non-hydrogen) atoms. The highest BCUT2D eigenvalue weighted by Gasteiger charge is 2.37. The van der Waals surface area contributed by atoms with Gasteiger partial charge in [0, 0.05) is 0 Å². The summed E-state index contributed by atoms with van der Waals surface area (Å²) in [5.41, 5.74) is 0.325. The van der Waals surface area contributed by atoms with Crippen LogP contribution in [0.15, 0.2) is 42.5 Å². The van der Waals surface area contributed by atoms with Crippen LogP contribution in [-0.2, 0) is 14.3 Å². The average Bonchev–Trinajstić information content (AvgIpc) is 2.64. The van der Waals surface area contributed by atoms with Crippen LogP contribution in [0.25, 0.3) is 10.8 Å². The molecule has 2 aromatic carbocycles. The molecule has 0 N–H and O–H groups in total. The van der Waals surface area contributed by atoms with Crippen LogP contribution >= 0.6 is 0 Å². The Hall–Kier alpha value is -1.87. The van der Waals surface area contributed by atoms with E-state index >= 15 is 0 Å². The molecule has 0 saturated heterocycles. The number of hydrogen-bond donors (Lipinski definition) is 0. The lowest BCUT2D eigenvalue weighted by molar-refractivity contribution is -0.178. The molecule has 1 aliphatic carbocycles. The summed E-state index contributed by atoms with van der Waals surface area (Å²) in [4.78, 5) is 13.2. The SMILES string of the molecule is CC(C)[C@@H]1CC[C@@H](C)C[C@H]1O[C@@H](C(=O)OC(C)(C)C)c1ccc2ccccc2c1. The van der Waals surface area contributed by atoms with E-state index in [-0.39, 0.29) is 12.1 Å². The lowest BCUT2D eigenvalue weighted by Crippen LogP contribution is -2.38. The van der Waals surface area contributed by atoms with Gasteiger partial charge in [0.2, 0.25) is 0 Å². The summed E-state index contributed by atoms with van der Waals surface area (Å²) >= 11 is 0. The summed E-state index contributed by atoms with van der Waals surface area (Å²) in [7, 11) is 0. The zero-order valence-corrected chi connectivity index (χ0v) is 18.8. The topological polar surface area (TPSA) is 35.5 Å². The number of ether oxygens (including phenoxy) is 2. The molecule has 1 aliphatic rings. The lowest BCUT2D eigenvalue weighted by atomic mass is 9.75. The number of fused-ring (bicyclic) bond motifs is 1. The Kier molecular flexibility index (Phi) is 6.68. The van der Waals surface area contributed by atoms with Crippen LogP contribution in [0.1, 0.15) is 72.5 Å². The molecule has 0 radical (unpaired) electrons. The predicted octanol–water partition coefficient (Wildman–Crippen LogP) is 6.70. The number of carbonyl (C=O) groups is 1. The fraction of sp³-hybridized carbons (Fsp3) is 0.577. The summed E-state index contributed by atoms with van der Waals surface area (Å²) in [6, 6.07) is 14.3. The maximum Gasteiger partial charge on any atom is 0.340 e. The third-order valence-corrected chi connectivity index (χ3v) is 5.97. The lowest BCUT2D eigenvalue weighted by Gasteiger charge is -2.39. The van der Waals surface area contributed by atoms with Gasteiger partial charge in [0.05, 0.1) is 6.10 Å². The van der Waals surface area contributed by atoms with Gasteiger partial charge in [0.1, 0.15) is 5.60 Å². The minimum atomic E-state index is -0.699. The van der Waals surface area contributed by atoms with E-state index in [2.05, 4.69) is 45.0 Å². The number of rotatable bonds is 5. The van der Waals surface area contributed by atoms with Crippen LogP contribution in [0.5, 0.6) is 0 Å². The standard InChI is InChI=1S/C26H36O3/c1-17(2)22-14-11-18(3)15-23(22)28-24(25(27)29-26(4,5)6)21-13-12-19-9-7-8-10-20(19)16-21/h7-10,12-13,16-18,22-24H,11,14-15H2,1-6H3/t18-,22+,23-,24-/m1/s1.